The summed E-state index contributed by atoms with van der Waals surface area (Å²) in [6.45, 7) is 7.10. The monoisotopic (exact) mass is 638 g/mol. The summed E-state index contributed by atoms with van der Waals surface area (Å²) in [5.41, 5.74) is 1.39. The Morgan fingerprint density at radius 2 is 1.66 bits per heavy atom. The molecule has 1 aliphatic heterocycles. The molecule has 1 fully saturated rings. The average molecular weight is 640 g/mol. The predicted molar refractivity (Wildman–Crippen MR) is 163 cm³/mol. The lowest BCUT2D eigenvalue weighted by Crippen LogP contribution is -2.43. The van der Waals surface area contributed by atoms with E-state index in [1.165, 1.54) is 37.3 Å². The van der Waals surface area contributed by atoms with Gasteiger partial charge in [-0.05, 0) is 48.3 Å². The number of likely N-dealkylation sites (N-methyl/N-ethyl adjacent to an activating group) is 1. The molecular formula is C28H29Cl3N4O5S. The zero-order chi connectivity index (χ0) is 29.7. The third kappa shape index (κ3) is 8.34. The van der Waals surface area contributed by atoms with E-state index in [2.05, 4.69) is 27.5 Å². The van der Waals surface area contributed by atoms with Crippen LogP contribution in [0.3, 0.4) is 0 Å². The van der Waals surface area contributed by atoms with E-state index in [-0.39, 0.29) is 26.9 Å². The summed E-state index contributed by atoms with van der Waals surface area (Å²) in [5.74, 6) is -1.63. The summed E-state index contributed by atoms with van der Waals surface area (Å²) in [4.78, 5) is 43.2. The van der Waals surface area contributed by atoms with Crippen molar-refractivity contribution in [2.24, 2.45) is 0 Å². The normalized spacial score (nSPS) is 14.8. The molecule has 2 aromatic carbocycles. The molecule has 0 bridgehead atoms. The van der Waals surface area contributed by atoms with Gasteiger partial charge in [0.15, 0.2) is 0 Å². The highest BCUT2D eigenvalue weighted by Gasteiger charge is 2.25. The molecule has 218 valence electrons. The molecule has 1 unspecified atom stereocenters. The Morgan fingerprint density at radius 1 is 0.976 bits per heavy atom. The molecule has 2 N–H and O–H groups in total. The van der Waals surface area contributed by atoms with Crippen molar-refractivity contribution in [3.8, 4) is 5.75 Å². The fourth-order valence-electron chi connectivity index (χ4n) is 4.21. The minimum Gasteiger partial charge on any atom is -0.453 e. The smallest absolute Gasteiger partial charge is 0.305 e. The maximum Gasteiger partial charge on any atom is 0.305 e. The molecular weight excluding hydrogens is 611 g/mol. The number of ether oxygens (including phenoxy) is 2. The van der Waals surface area contributed by atoms with Crippen LogP contribution in [0.5, 0.6) is 5.75 Å². The van der Waals surface area contributed by atoms with Crippen molar-refractivity contribution in [1.29, 1.82) is 0 Å². The van der Waals surface area contributed by atoms with Crippen molar-refractivity contribution in [1.82, 2.24) is 9.80 Å². The van der Waals surface area contributed by atoms with E-state index in [0.717, 1.165) is 31.7 Å². The molecule has 1 aliphatic rings. The van der Waals surface area contributed by atoms with Gasteiger partial charge in [-0.1, -0.05) is 34.8 Å². The topological polar surface area (TPSA) is 100 Å². The Balaban J connectivity index is 1.63. The van der Waals surface area contributed by atoms with Crippen LogP contribution >= 0.6 is 46.1 Å². The van der Waals surface area contributed by atoms with Gasteiger partial charge in [-0.25, -0.2) is 0 Å². The standard InChI is InChI=1S/C28H29Cl3N4O5S/c1-16(36)39-17(2)40-23-13-20(30)12-22(27(37)32-21-6-4-19(29)5-7-21)25(23)33-28(38)26-24(31)18(15-41-26)14-35-10-8-34(3)9-11-35/h4-7,12-13,15,17H,8-11,14H2,1-3H3,(H,32,37)(H,33,38). The number of hydrogen-bond donors (Lipinski definition) is 2. The highest BCUT2D eigenvalue weighted by molar-refractivity contribution is 7.13. The van der Waals surface area contributed by atoms with Crippen molar-refractivity contribution in [3.05, 3.63) is 72.9 Å². The lowest BCUT2D eigenvalue weighted by Gasteiger charge is -2.32. The molecule has 13 heteroatoms. The first kappa shape index (κ1) is 31.1. The molecule has 3 aromatic rings. The van der Waals surface area contributed by atoms with E-state index in [9.17, 15) is 14.4 Å². The quantitative estimate of drug-likeness (QED) is 0.211. The molecule has 1 atom stereocenters. The molecule has 2 amide bonds. The third-order valence-corrected chi connectivity index (χ3v) is 8.32. The zero-order valence-corrected chi connectivity index (χ0v) is 25.7. The van der Waals surface area contributed by atoms with Crippen LogP contribution in [0, 0.1) is 0 Å². The first-order valence-corrected chi connectivity index (χ1v) is 14.7. The van der Waals surface area contributed by atoms with Crippen LogP contribution in [-0.4, -0.2) is 67.1 Å². The number of amides is 2. The maximum atomic E-state index is 13.5. The first-order valence-electron chi connectivity index (χ1n) is 12.7. The van der Waals surface area contributed by atoms with Gasteiger partial charge in [-0.3, -0.25) is 19.3 Å². The lowest BCUT2D eigenvalue weighted by atomic mass is 10.1. The number of rotatable bonds is 9. The Hall–Kier alpha value is -2.86. The fourth-order valence-corrected chi connectivity index (χ4v) is 5.79. The van der Waals surface area contributed by atoms with E-state index in [0.29, 0.717) is 22.3 Å². The van der Waals surface area contributed by atoms with Crippen molar-refractivity contribution in [3.63, 3.8) is 0 Å². The summed E-state index contributed by atoms with van der Waals surface area (Å²) in [7, 11) is 2.09. The van der Waals surface area contributed by atoms with Gasteiger partial charge in [-0.15, -0.1) is 11.3 Å². The largest absolute Gasteiger partial charge is 0.453 e. The third-order valence-electron chi connectivity index (χ3n) is 6.27. The van der Waals surface area contributed by atoms with Crippen molar-refractivity contribution < 1.29 is 23.9 Å². The van der Waals surface area contributed by atoms with Gasteiger partial charge in [0.2, 0.25) is 6.29 Å². The Morgan fingerprint density at radius 3 is 2.32 bits per heavy atom. The number of benzene rings is 2. The molecule has 0 spiro atoms. The number of nitrogens with zero attached hydrogens (tertiary/aromatic N) is 2. The second kappa shape index (κ2) is 13.9. The molecule has 1 saturated heterocycles. The summed E-state index contributed by atoms with van der Waals surface area (Å²) < 4.78 is 10.9. The number of halogens is 3. The van der Waals surface area contributed by atoms with Crippen LogP contribution in [0.15, 0.2) is 41.8 Å². The fraction of sp³-hybridized carbons (Fsp3) is 0.321. The van der Waals surface area contributed by atoms with Crippen molar-refractivity contribution >= 4 is 75.3 Å². The number of nitrogens with one attached hydrogen (secondary N) is 2. The van der Waals surface area contributed by atoms with Crippen LogP contribution in [0.1, 0.15) is 39.4 Å². The number of carbonyl (C=O) groups is 3. The number of esters is 1. The summed E-state index contributed by atoms with van der Waals surface area (Å²) >= 11 is 20.2. The van der Waals surface area contributed by atoms with Gasteiger partial charge in [-0.2, -0.15) is 0 Å². The van der Waals surface area contributed by atoms with E-state index < -0.39 is 24.1 Å². The van der Waals surface area contributed by atoms with E-state index >= 15 is 0 Å². The zero-order valence-electron chi connectivity index (χ0n) is 22.6. The van der Waals surface area contributed by atoms with Gasteiger partial charge in [0.05, 0.1) is 16.3 Å². The van der Waals surface area contributed by atoms with Gasteiger partial charge >= 0.3 is 5.97 Å². The molecule has 0 saturated carbocycles. The number of hydrogen-bond acceptors (Lipinski definition) is 8. The number of anilines is 2. The second-order valence-electron chi connectivity index (χ2n) is 9.52. The maximum absolute atomic E-state index is 13.5. The van der Waals surface area contributed by atoms with Crippen molar-refractivity contribution in [2.45, 2.75) is 26.7 Å². The average Bonchev–Trinajstić information content (AvgIpc) is 3.27. The molecule has 41 heavy (non-hydrogen) atoms. The number of carbonyl (C=O) groups excluding carboxylic acids is 3. The predicted octanol–water partition coefficient (Wildman–Crippen LogP) is 6.25. The van der Waals surface area contributed by atoms with Crippen molar-refractivity contribution in [2.75, 3.05) is 43.9 Å². The summed E-state index contributed by atoms with van der Waals surface area (Å²) in [6.07, 6.45) is -1.03. The number of piperazine rings is 1. The van der Waals surface area contributed by atoms with Gasteiger partial charge < -0.3 is 25.0 Å². The van der Waals surface area contributed by atoms with Gasteiger partial charge in [0, 0.05) is 68.4 Å². The van der Waals surface area contributed by atoms with Crippen LogP contribution in [0.25, 0.3) is 0 Å². The summed E-state index contributed by atoms with van der Waals surface area (Å²) in [5, 5.41) is 8.43. The minimum atomic E-state index is -1.03. The Kier molecular flexibility index (Phi) is 10.5. The van der Waals surface area contributed by atoms with E-state index in [1.807, 2.05) is 5.38 Å². The molecule has 1 aromatic heterocycles. The molecule has 0 aliphatic carbocycles. The van der Waals surface area contributed by atoms with E-state index in [1.54, 1.807) is 24.3 Å². The minimum absolute atomic E-state index is 0.0242. The van der Waals surface area contributed by atoms with E-state index in [4.69, 9.17) is 44.3 Å². The van der Waals surface area contributed by atoms with Crippen LogP contribution in [0.4, 0.5) is 11.4 Å². The SMILES string of the molecule is CC(=O)OC(C)Oc1cc(Cl)cc(C(=O)Nc2ccc(Cl)cc2)c1NC(=O)c1scc(CN2CCN(C)CC2)c1Cl. The van der Waals surface area contributed by atoms with Crippen LogP contribution in [-0.2, 0) is 16.1 Å². The Bertz CT molecular complexity index is 1420. The lowest BCUT2D eigenvalue weighted by molar-refractivity contribution is -0.158. The second-order valence-corrected chi connectivity index (χ2v) is 11.7. The van der Waals surface area contributed by atoms with Crippen LogP contribution in [0.2, 0.25) is 15.1 Å². The molecule has 9 nitrogen and oxygen atoms in total. The molecule has 2 heterocycles. The molecule has 0 radical (unpaired) electrons. The van der Waals surface area contributed by atoms with Gasteiger partial charge in [0.25, 0.3) is 11.8 Å². The Labute approximate surface area is 257 Å². The highest BCUT2D eigenvalue weighted by atomic mass is 35.5. The number of thiophene rings is 1. The molecule has 4 rings (SSSR count). The highest BCUT2D eigenvalue weighted by Crippen LogP contribution is 2.36. The summed E-state index contributed by atoms with van der Waals surface area (Å²) in [6, 6.07) is 9.36. The van der Waals surface area contributed by atoms with Crippen LogP contribution < -0.4 is 15.4 Å². The first-order chi connectivity index (χ1) is 19.5. The van der Waals surface area contributed by atoms with Gasteiger partial charge in [0.1, 0.15) is 10.6 Å².